The molecule has 0 aliphatic heterocycles. The van der Waals surface area contributed by atoms with Gasteiger partial charge in [0, 0.05) is 13.5 Å². The summed E-state index contributed by atoms with van der Waals surface area (Å²) >= 11 is 0. The fourth-order valence-electron chi connectivity index (χ4n) is 1.13. The van der Waals surface area contributed by atoms with E-state index in [9.17, 15) is 4.79 Å². The van der Waals surface area contributed by atoms with E-state index in [1.54, 1.807) is 0 Å². The number of carbonyl (C=O) groups excluding carboxylic acids is 1. The highest BCUT2D eigenvalue weighted by molar-refractivity contribution is 5.73. The van der Waals surface area contributed by atoms with Crippen LogP contribution in [0.5, 0.6) is 0 Å². The predicted molar refractivity (Wildman–Crippen MR) is 60.1 cm³/mol. The Balaban J connectivity index is 2.46. The summed E-state index contributed by atoms with van der Waals surface area (Å²) in [6, 6.07) is 7.60. The fraction of sp³-hybridized carbons (Fsp3) is 0.250. The van der Waals surface area contributed by atoms with Gasteiger partial charge in [-0.1, -0.05) is 36.4 Å². The molecule has 0 heterocycles. The standard InChI is InChI=1S/C12H15NO2/c1-10(15)13-8-2-3-11-4-6-12(9-14)7-5-11/h2-7,14H,8-9H2,1H3,(H,13,15). The van der Waals surface area contributed by atoms with Gasteiger partial charge in [-0.25, -0.2) is 0 Å². The maximum Gasteiger partial charge on any atom is 0.217 e. The molecule has 0 spiro atoms. The molecular formula is C12H15NO2. The normalized spacial score (nSPS) is 10.5. The average Bonchev–Trinajstić information content (AvgIpc) is 2.25. The van der Waals surface area contributed by atoms with Gasteiger partial charge in [0.1, 0.15) is 0 Å². The molecule has 0 bridgehead atoms. The Kier molecular flexibility index (Phi) is 4.57. The molecule has 1 aromatic rings. The molecule has 3 nitrogen and oxygen atoms in total. The highest BCUT2D eigenvalue weighted by Gasteiger charge is 1.89. The number of hydrogen-bond donors (Lipinski definition) is 2. The van der Waals surface area contributed by atoms with Crippen LogP contribution >= 0.6 is 0 Å². The van der Waals surface area contributed by atoms with Gasteiger partial charge in [0.15, 0.2) is 0 Å². The second-order valence-corrected chi connectivity index (χ2v) is 3.24. The van der Waals surface area contributed by atoms with Crippen molar-refractivity contribution in [2.45, 2.75) is 13.5 Å². The molecule has 0 atom stereocenters. The molecule has 0 unspecified atom stereocenters. The zero-order valence-corrected chi connectivity index (χ0v) is 8.73. The Morgan fingerprint density at radius 1 is 1.40 bits per heavy atom. The summed E-state index contributed by atoms with van der Waals surface area (Å²) in [5.74, 6) is -0.0321. The minimum atomic E-state index is -0.0321. The van der Waals surface area contributed by atoms with Crippen LogP contribution in [0.3, 0.4) is 0 Å². The second kappa shape index (κ2) is 5.98. The predicted octanol–water partition coefficient (Wildman–Crippen LogP) is 1.33. The maximum absolute atomic E-state index is 10.6. The van der Waals surface area contributed by atoms with Gasteiger partial charge in [-0.2, -0.15) is 0 Å². The van der Waals surface area contributed by atoms with E-state index >= 15 is 0 Å². The van der Waals surface area contributed by atoms with Crippen molar-refractivity contribution in [2.24, 2.45) is 0 Å². The molecule has 0 aromatic heterocycles. The topological polar surface area (TPSA) is 49.3 Å². The first-order chi connectivity index (χ1) is 7.22. The van der Waals surface area contributed by atoms with Crippen LogP contribution in [0.25, 0.3) is 6.08 Å². The molecule has 0 saturated heterocycles. The van der Waals surface area contributed by atoms with Crippen LogP contribution in [0.4, 0.5) is 0 Å². The minimum Gasteiger partial charge on any atom is -0.392 e. The van der Waals surface area contributed by atoms with Gasteiger partial charge < -0.3 is 10.4 Å². The van der Waals surface area contributed by atoms with E-state index in [2.05, 4.69) is 5.32 Å². The van der Waals surface area contributed by atoms with Crippen molar-refractivity contribution in [2.75, 3.05) is 6.54 Å². The SMILES string of the molecule is CC(=O)NCC=Cc1ccc(CO)cc1. The summed E-state index contributed by atoms with van der Waals surface area (Å²) in [7, 11) is 0. The highest BCUT2D eigenvalue weighted by atomic mass is 16.3. The number of benzene rings is 1. The number of carbonyl (C=O) groups is 1. The van der Waals surface area contributed by atoms with Crippen LogP contribution in [0.1, 0.15) is 18.1 Å². The number of nitrogens with one attached hydrogen (secondary N) is 1. The Morgan fingerprint density at radius 2 is 2.07 bits per heavy atom. The summed E-state index contributed by atoms with van der Waals surface area (Å²) in [6.45, 7) is 2.09. The molecule has 0 aliphatic rings. The van der Waals surface area contributed by atoms with Crippen LogP contribution in [-0.2, 0) is 11.4 Å². The summed E-state index contributed by atoms with van der Waals surface area (Å²) in [6.07, 6.45) is 3.81. The molecule has 0 radical (unpaired) electrons. The quantitative estimate of drug-likeness (QED) is 0.779. The molecule has 1 amide bonds. The summed E-state index contributed by atoms with van der Waals surface area (Å²) < 4.78 is 0. The second-order valence-electron chi connectivity index (χ2n) is 3.24. The molecule has 2 N–H and O–H groups in total. The minimum absolute atomic E-state index is 0.0321. The van der Waals surface area contributed by atoms with E-state index in [4.69, 9.17) is 5.11 Å². The van der Waals surface area contributed by atoms with E-state index in [0.29, 0.717) is 6.54 Å². The zero-order valence-electron chi connectivity index (χ0n) is 8.73. The summed E-state index contributed by atoms with van der Waals surface area (Å²) in [5.41, 5.74) is 1.95. The van der Waals surface area contributed by atoms with Gasteiger partial charge in [-0.15, -0.1) is 0 Å². The van der Waals surface area contributed by atoms with Crippen LogP contribution in [0.15, 0.2) is 30.3 Å². The fourth-order valence-corrected chi connectivity index (χ4v) is 1.13. The van der Waals surface area contributed by atoms with Crippen LogP contribution < -0.4 is 5.32 Å². The molecule has 1 rings (SSSR count). The third-order valence-electron chi connectivity index (χ3n) is 1.94. The van der Waals surface area contributed by atoms with E-state index < -0.39 is 0 Å². The van der Waals surface area contributed by atoms with Gasteiger partial charge >= 0.3 is 0 Å². The average molecular weight is 205 g/mol. The number of hydrogen-bond acceptors (Lipinski definition) is 2. The lowest BCUT2D eigenvalue weighted by Crippen LogP contribution is -2.19. The highest BCUT2D eigenvalue weighted by Crippen LogP contribution is 2.05. The Hall–Kier alpha value is -1.61. The first-order valence-electron chi connectivity index (χ1n) is 4.83. The molecule has 0 saturated carbocycles. The van der Waals surface area contributed by atoms with Gasteiger partial charge in [0.2, 0.25) is 5.91 Å². The van der Waals surface area contributed by atoms with E-state index in [1.807, 2.05) is 36.4 Å². The molecule has 1 aromatic carbocycles. The van der Waals surface area contributed by atoms with Crippen molar-refractivity contribution in [3.05, 3.63) is 41.5 Å². The van der Waals surface area contributed by atoms with Gasteiger partial charge in [-0.05, 0) is 11.1 Å². The van der Waals surface area contributed by atoms with Gasteiger partial charge in [-0.3, -0.25) is 4.79 Å². The Labute approximate surface area is 89.4 Å². The smallest absolute Gasteiger partial charge is 0.217 e. The third kappa shape index (κ3) is 4.42. The maximum atomic E-state index is 10.6. The number of amides is 1. The lowest BCUT2D eigenvalue weighted by molar-refractivity contribution is -0.118. The van der Waals surface area contributed by atoms with Crippen molar-refractivity contribution in [3.8, 4) is 0 Å². The largest absolute Gasteiger partial charge is 0.392 e. The molecule has 0 aliphatic carbocycles. The first kappa shape index (κ1) is 11.5. The molecule has 3 heteroatoms. The molecule has 15 heavy (non-hydrogen) atoms. The van der Waals surface area contributed by atoms with Crippen molar-refractivity contribution in [3.63, 3.8) is 0 Å². The van der Waals surface area contributed by atoms with Crippen molar-refractivity contribution < 1.29 is 9.90 Å². The third-order valence-corrected chi connectivity index (χ3v) is 1.94. The molecule has 80 valence electrons. The van der Waals surface area contributed by atoms with Crippen molar-refractivity contribution in [1.82, 2.24) is 5.32 Å². The summed E-state index contributed by atoms with van der Waals surface area (Å²) in [4.78, 5) is 10.6. The van der Waals surface area contributed by atoms with Crippen molar-refractivity contribution >= 4 is 12.0 Å². The number of aliphatic hydroxyl groups is 1. The monoisotopic (exact) mass is 205 g/mol. The van der Waals surface area contributed by atoms with E-state index in [0.717, 1.165) is 11.1 Å². The van der Waals surface area contributed by atoms with Crippen LogP contribution in [-0.4, -0.2) is 17.6 Å². The molecule has 0 fully saturated rings. The Bertz CT molecular complexity index is 341. The van der Waals surface area contributed by atoms with Crippen molar-refractivity contribution in [1.29, 1.82) is 0 Å². The number of aliphatic hydroxyl groups excluding tert-OH is 1. The zero-order chi connectivity index (χ0) is 11.1. The first-order valence-corrected chi connectivity index (χ1v) is 4.83. The number of rotatable bonds is 4. The van der Waals surface area contributed by atoms with Gasteiger partial charge in [0.25, 0.3) is 0 Å². The lowest BCUT2D eigenvalue weighted by atomic mass is 10.1. The van der Waals surface area contributed by atoms with Gasteiger partial charge in [0.05, 0.1) is 6.61 Å². The Morgan fingerprint density at radius 3 is 2.60 bits per heavy atom. The van der Waals surface area contributed by atoms with Crippen LogP contribution in [0, 0.1) is 0 Å². The summed E-state index contributed by atoms with van der Waals surface area (Å²) in [5, 5.41) is 11.5. The lowest BCUT2D eigenvalue weighted by Gasteiger charge is -1.97. The molecular weight excluding hydrogens is 190 g/mol. The van der Waals surface area contributed by atoms with E-state index in [-0.39, 0.29) is 12.5 Å². The van der Waals surface area contributed by atoms with Crippen LogP contribution in [0.2, 0.25) is 0 Å². The van der Waals surface area contributed by atoms with E-state index in [1.165, 1.54) is 6.92 Å².